The van der Waals surface area contributed by atoms with E-state index >= 15 is 0 Å². The molecule has 0 unspecified atom stereocenters. The van der Waals surface area contributed by atoms with E-state index in [9.17, 15) is 0 Å². The highest BCUT2D eigenvalue weighted by Crippen LogP contribution is 2.22. The van der Waals surface area contributed by atoms with Crippen molar-refractivity contribution in [2.75, 3.05) is 0 Å². The second-order valence-corrected chi connectivity index (χ2v) is 3.01. The molecule has 1 aliphatic carbocycles. The summed E-state index contributed by atoms with van der Waals surface area (Å²) in [4.78, 5) is 0. The third-order valence-corrected chi connectivity index (χ3v) is 2.17. The van der Waals surface area contributed by atoms with Crippen molar-refractivity contribution < 1.29 is 0 Å². The first-order valence-corrected chi connectivity index (χ1v) is 4.16. The lowest BCUT2D eigenvalue weighted by molar-refractivity contribution is 0.836. The van der Waals surface area contributed by atoms with E-state index in [0.29, 0.717) is 0 Å². The molecule has 0 heteroatoms. The maximum Gasteiger partial charge on any atom is -0.0136 e. The zero-order valence-electron chi connectivity index (χ0n) is 6.98. The SMILES string of the molecule is CCC(C)=CCC1=CCC1. The van der Waals surface area contributed by atoms with E-state index in [2.05, 4.69) is 26.0 Å². The second kappa shape index (κ2) is 3.60. The summed E-state index contributed by atoms with van der Waals surface area (Å²) in [5, 5.41) is 0. The fraction of sp³-hybridized carbons (Fsp3) is 0.600. The average molecular weight is 136 g/mol. The normalized spacial score (nSPS) is 18.2. The third kappa shape index (κ3) is 2.02. The fourth-order valence-electron chi connectivity index (χ4n) is 0.984. The highest BCUT2D eigenvalue weighted by molar-refractivity contribution is 5.17. The summed E-state index contributed by atoms with van der Waals surface area (Å²) in [5.74, 6) is 0. The van der Waals surface area contributed by atoms with Crippen molar-refractivity contribution in [1.29, 1.82) is 0 Å². The van der Waals surface area contributed by atoms with E-state index in [4.69, 9.17) is 0 Å². The molecule has 10 heavy (non-hydrogen) atoms. The Balaban J connectivity index is 2.26. The van der Waals surface area contributed by atoms with Gasteiger partial charge < -0.3 is 0 Å². The molecule has 0 nitrogen and oxygen atoms in total. The highest BCUT2D eigenvalue weighted by atomic mass is 14.1. The summed E-state index contributed by atoms with van der Waals surface area (Å²) in [6.07, 6.45) is 9.76. The first-order chi connectivity index (χ1) is 4.83. The number of hydrogen-bond acceptors (Lipinski definition) is 0. The first kappa shape index (κ1) is 7.59. The van der Waals surface area contributed by atoms with Crippen LogP contribution in [0.4, 0.5) is 0 Å². The zero-order chi connectivity index (χ0) is 7.40. The van der Waals surface area contributed by atoms with Gasteiger partial charge >= 0.3 is 0 Å². The maximum atomic E-state index is 2.35. The number of rotatable bonds is 3. The monoisotopic (exact) mass is 136 g/mol. The number of hydrogen-bond donors (Lipinski definition) is 0. The van der Waals surface area contributed by atoms with Crippen LogP contribution in [0.3, 0.4) is 0 Å². The van der Waals surface area contributed by atoms with Crippen LogP contribution in [0.15, 0.2) is 23.3 Å². The van der Waals surface area contributed by atoms with Crippen LogP contribution in [0.1, 0.15) is 39.5 Å². The molecule has 0 aromatic heterocycles. The van der Waals surface area contributed by atoms with Crippen LogP contribution in [-0.2, 0) is 0 Å². The van der Waals surface area contributed by atoms with Crippen LogP contribution in [0.25, 0.3) is 0 Å². The minimum absolute atomic E-state index is 1.20. The predicted octanol–water partition coefficient (Wildman–Crippen LogP) is 3.45. The van der Waals surface area contributed by atoms with Gasteiger partial charge in [0.2, 0.25) is 0 Å². The molecule has 1 rings (SSSR count). The van der Waals surface area contributed by atoms with E-state index in [1.807, 2.05) is 0 Å². The number of allylic oxidation sites excluding steroid dienone is 4. The van der Waals surface area contributed by atoms with Crippen molar-refractivity contribution >= 4 is 0 Å². The third-order valence-electron chi connectivity index (χ3n) is 2.17. The van der Waals surface area contributed by atoms with Crippen molar-refractivity contribution in [3.05, 3.63) is 23.3 Å². The van der Waals surface area contributed by atoms with Crippen LogP contribution < -0.4 is 0 Å². The van der Waals surface area contributed by atoms with Crippen molar-refractivity contribution in [3.8, 4) is 0 Å². The summed E-state index contributed by atoms with van der Waals surface area (Å²) in [5.41, 5.74) is 3.15. The molecule has 0 amide bonds. The minimum Gasteiger partial charge on any atom is -0.0847 e. The van der Waals surface area contributed by atoms with Crippen LogP contribution in [0.2, 0.25) is 0 Å². The Kier molecular flexibility index (Phi) is 2.73. The summed E-state index contributed by atoms with van der Waals surface area (Å²) in [6.45, 7) is 4.42. The van der Waals surface area contributed by atoms with E-state index in [1.165, 1.54) is 31.3 Å². The van der Waals surface area contributed by atoms with Crippen molar-refractivity contribution in [2.45, 2.75) is 39.5 Å². The summed E-state index contributed by atoms with van der Waals surface area (Å²) >= 11 is 0. The average Bonchev–Trinajstić information content (AvgIpc) is 1.84. The zero-order valence-corrected chi connectivity index (χ0v) is 6.98. The molecule has 0 N–H and O–H groups in total. The van der Waals surface area contributed by atoms with Gasteiger partial charge in [-0.05, 0) is 32.6 Å². The molecule has 0 atom stereocenters. The molecule has 0 heterocycles. The quantitative estimate of drug-likeness (QED) is 0.521. The van der Waals surface area contributed by atoms with E-state index < -0.39 is 0 Å². The Bertz CT molecular complexity index is 161. The van der Waals surface area contributed by atoms with Gasteiger partial charge in [-0.2, -0.15) is 0 Å². The van der Waals surface area contributed by atoms with E-state index in [1.54, 1.807) is 5.57 Å². The summed E-state index contributed by atoms with van der Waals surface area (Å²) in [7, 11) is 0. The second-order valence-electron chi connectivity index (χ2n) is 3.01. The maximum absolute atomic E-state index is 2.35. The lowest BCUT2D eigenvalue weighted by atomic mass is 9.95. The van der Waals surface area contributed by atoms with Crippen LogP contribution in [0, 0.1) is 0 Å². The molecule has 1 aliphatic rings. The standard InChI is InChI=1S/C10H16/c1-3-9(2)7-8-10-5-4-6-10/h5,7H,3-4,6,8H2,1-2H3. The van der Waals surface area contributed by atoms with Crippen molar-refractivity contribution in [1.82, 2.24) is 0 Å². The molecule has 0 aliphatic heterocycles. The molecule has 0 aromatic carbocycles. The van der Waals surface area contributed by atoms with Crippen molar-refractivity contribution in [2.24, 2.45) is 0 Å². The van der Waals surface area contributed by atoms with Crippen LogP contribution >= 0.6 is 0 Å². The van der Waals surface area contributed by atoms with Gasteiger partial charge in [-0.15, -0.1) is 0 Å². The largest absolute Gasteiger partial charge is 0.0847 e. The van der Waals surface area contributed by atoms with Gasteiger partial charge in [0.25, 0.3) is 0 Å². The molecule has 0 saturated heterocycles. The van der Waals surface area contributed by atoms with Crippen LogP contribution in [-0.4, -0.2) is 0 Å². The van der Waals surface area contributed by atoms with Gasteiger partial charge in [0, 0.05) is 0 Å². The molecule has 56 valence electrons. The van der Waals surface area contributed by atoms with E-state index in [-0.39, 0.29) is 0 Å². The topological polar surface area (TPSA) is 0 Å². The molecule has 0 fully saturated rings. The summed E-state index contributed by atoms with van der Waals surface area (Å²) < 4.78 is 0. The molecule has 0 radical (unpaired) electrons. The summed E-state index contributed by atoms with van der Waals surface area (Å²) in [6, 6.07) is 0. The van der Waals surface area contributed by atoms with Gasteiger partial charge in [-0.1, -0.05) is 30.2 Å². The Labute approximate surface area is 63.6 Å². The van der Waals surface area contributed by atoms with Gasteiger partial charge in [0.15, 0.2) is 0 Å². The first-order valence-electron chi connectivity index (χ1n) is 4.16. The van der Waals surface area contributed by atoms with Crippen molar-refractivity contribution in [3.63, 3.8) is 0 Å². The molecular weight excluding hydrogens is 120 g/mol. The Morgan fingerprint density at radius 3 is 2.80 bits per heavy atom. The molecule has 0 bridgehead atoms. The molecule has 0 saturated carbocycles. The Morgan fingerprint density at radius 1 is 1.70 bits per heavy atom. The molecular formula is C10H16. The Morgan fingerprint density at radius 2 is 2.40 bits per heavy atom. The molecule has 0 spiro atoms. The van der Waals surface area contributed by atoms with E-state index in [0.717, 1.165) is 0 Å². The smallest absolute Gasteiger partial charge is 0.0136 e. The fourth-order valence-corrected chi connectivity index (χ4v) is 0.984. The van der Waals surface area contributed by atoms with Gasteiger partial charge in [-0.3, -0.25) is 0 Å². The minimum atomic E-state index is 1.20. The van der Waals surface area contributed by atoms with Gasteiger partial charge in [-0.25, -0.2) is 0 Å². The Hall–Kier alpha value is -0.520. The van der Waals surface area contributed by atoms with Gasteiger partial charge in [0.1, 0.15) is 0 Å². The lowest BCUT2D eigenvalue weighted by Crippen LogP contribution is -1.91. The van der Waals surface area contributed by atoms with Gasteiger partial charge in [0.05, 0.1) is 0 Å². The predicted molar refractivity (Wildman–Crippen MR) is 46.0 cm³/mol. The van der Waals surface area contributed by atoms with Crippen LogP contribution in [0.5, 0.6) is 0 Å². The molecule has 0 aromatic rings. The lowest BCUT2D eigenvalue weighted by Gasteiger charge is -2.11. The highest BCUT2D eigenvalue weighted by Gasteiger charge is 2.02.